The molecule has 1 aliphatic rings. The van der Waals surface area contributed by atoms with E-state index in [4.69, 9.17) is 25.3 Å². The van der Waals surface area contributed by atoms with Crippen LogP contribution in [-0.4, -0.2) is 28.4 Å². The van der Waals surface area contributed by atoms with Gasteiger partial charge < -0.3 is 18.8 Å². The van der Waals surface area contributed by atoms with Crippen LogP contribution in [-0.2, 0) is 15.9 Å². The number of rotatable bonds is 3. The molecule has 4 rings (SSSR count). The van der Waals surface area contributed by atoms with Gasteiger partial charge in [-0.3, -0.25) is 0 Å². The van der Waals surface area contributed by atoms with Crippen LogP contribution in [0.1, 0.15) is 38.8 Å². The number of hydrogen-bond acceptors (Lipinski definition) is 5. The summed E-state index contributed by atoms with van der Waals surface area (Å²) in [4.78, 5) is 4.59. The monoisotopic (exact) mass is 399 g/mol. The van der Waals surface area contributed by atoms with Gasteiger partial charge in [0.2, 0.25) is 5.89 Å². The van der Waals surface area contributed by atoms with Crippen molar-refractivity contribution < 1.29 is 18.8 Å². The Balaban J connectivity index is 1.78. The molecule has 28 heavy (non-hydrogen) atoms. The lowest BCUT2D eigenvalue weighted by atomic mass is 9.75. The first-order chi connectivity index (χ1) is 13.1. The molecule has 1 fully saturated rings. The highest BCUT2D eigenvalue weighted by Gasteiger charge is 2.52. The molecule has 1 aliphatic heterocycles. The Morgan fingerprint density at radius 2 is 1.79 bits per heavy atom. The second-order valence-corrected chi connectivity index (χ2v) is 8.62. The Kier molecular flexibility index (Phi) is 4.58. The van der Waals surface area contributed by atoms with E-state index < -0.39 is 18.3 Å². The van der Waals surface area contributed by atoms with E-state index in [2.05, 4.69) is 4.98 Å². The number of aliphatic hydroxyl groups is 1. The zero-order chi connectivity index (χ0) is 20.3. The standard InChI is InChI=1S/C21H23BClNO4/c1-12-14(19-24-17-10-13(11-25)9-16(23)18(17)26-19)7-6-8-15(12)22-27-20(2,3)21(4,5)28-22/h6-10,25H,11H2,1-5H3. The van der Waals surface area contributed by atoms with Gasteiger partial charge in [-0.05, 0) is 69.4 Å². The maximum Gasteiger partial charge on any atom is 0.495 e. The van der Waals surface area contributed by atoms with E-state index in [1.54, 1.807) is 12.1 Å². The molecule has 0 saturated carbocycles. The van der Waals surface area contributed by atoms with E-state index in [0.29, 0.717) is 27.6 Å². The average molecular weight is 400 g/mol. The maximum absolute atomic E-state index is 9.39. The first-order valence-electron chi connectivity index (χ1n) is 9.28. The van der Waals surface area contributed by atoms with Crippen LogP contribution >= 0.6 is 11.6 Å². The minimum Gasteiger partial charge on any atom is -0.435 e. The number of nitrogens with zero attached hydrogens (tertiary/aromatic N) is 1. The first-order valence-corrected chi connectivity index (χ1v) is 9.66. The molecular weight excluding hydrogens is 376 g/mol. The van der Waals surface area contributed by atoms with Crippen LogP contribution in [0.15, 0.2) is 34.7 Å². The van der Waals surface area contributed by atoms with E-state index >= 15 is 0 Å². The topological polar surface area (TPSA) is 64.7 Å². The molecule has 146 valence electrons. The van der Waals surface area contributed by atoms with Crippen LogP contribution in [0.2, 0.25) is 5.02 Å². The first kappa shape index (κ1) is 19.5. The Morgan fingerprint density at radius 1 is 1.11 bits per heavy atom. The lowest BCUT2D eigenvalue weighted by molar-refractivity contribution is 0.00578. The summed E-state index contributed by atoms with van der Waals surface area (Å²) in [6.45, 7) is 10.0. The lowest BCUT2D eigenvalue weighted by Gasteiger charge is -2.32. The number of fused-ring (bicyclic) bond motifs is 1. The quantitative estimate of drug-likeness (QED) is 0.667. The van der Waals surface area contributed by atoms with Crippen molar-refractivity contribution in [1.29, 1.82) is 0 Å². The predicted octanol–water partition coefficient (Wildman–Crippen LogP) is 4.25. The summed E-state index contributed by atoms with van der Waals surface area (Å²) < 4.78 is 18.4. The minimum absolute atomic E-state index is 0.103. The van der Waals surface area contributed by atoms with Crippen molar-refractivity contribution in [1.82, 2.24) is 4.98 Å². The summed E-state index contributed by atoms with van der Waals surface area (Å²) in [5, 5.41) is 9.82. The second-order valence-electron chi connectivity index (χ2n) is 8.21. The lowest BCUT2D eigenvalue weighted by Crippen LogP contribution is -2.41. The fraction of sp³-hybridized carbons (Fsp3) is 0.381. The van der Waals surface area contributed by atoms with Gasteiger partial charge in [-0.1, -0.05) is 23.7 Å². The summed E-state index contributed by atoms with van der Waals surface area (Å²) in [6, 6.07) is 9.36. The highest BCUT2D eigenvalue weighted by Crippen LogP contribution is 2.37. The van der Waals surface area contributed by atoms with E-state index in [1.807, 2.05) is 52.8 Å². The van der Waals surface area contributed by atoms with Gasteiger partial charge in [-0.2, -0.15) is 0 Å². The van der Waals surface area contributed by atoms with Gasteiger partial charge in [-0.25, -0.2) is 4.98 Å². The molecule has 7 heteroatoms. The van der Waals surface area contributed by atoms with Crippen molar-refractivity contribution in [3.05, 3.63) is 46.5 Å². The normalized spacial score (nSPS) is 18.2. The molecule has 2 heterocycles. The van der Waals surface area contributed by atoms with Crippen LogP contribution in [0.4, 0.5) is 0 Å². The molecule has 1 saturated heterocycles. The van der Waals surface area contributed by atoms with Crippen molar-refractivity contribution >= 4 is 35.3 Å². The molecule has 0 amide bonds. The van der Waals surface area contributed by atoms with Gasteiger partial charge >= 0.3 is 7.12 Å². The van der Waals surface area contributed by atoms with E-state index in [0.717, 1.165) is 16.6 Å². The fourth-order valence-electron chi connectivity index (χ4n) is 3.36. The Labute approximate surface area is 169 Å². The van der Waals surface area contributed by atoms with Gasteiger partial charge in [0.25, 0.3) is 0 Å². The second kappa shape index (κ2) is 6.60. The zero-order valence-corrected chi connectivity index (χ0v) is 17.4. The highest BCUT2D eigenvalue weighted by atomic mass is 35.5. The number of benzene rings is 2. The smallest absolute Gasteiger partial charge is 0.435 e. The number of hydrogen-bond donors (Lipinski definition) is 1. The van der Waals surface area contributed by atoms with Crippen molar-refractivity contribution in [2.75, 3.05) is 0 Å². The van der Waals surface area contributed by atoms with Crippen LogP contribution in [0.3, 0.4) is 0 Å². The van der Waals surface area contributed by atoms with Gasteiger partial charge in [0.15, 0.2) is 5.58 Å². The molecular formula is C21H23BClNO4. The van der Waals surface area contributed by atoms with Crippen LogP contribution in [0.5, 0.6) is 0 Å². The number of aliphatic hydroxyl groups excluding tert-OH is 1. The molecule has 0 aliphatic carbocycles. The van der Waals surface area contributed by atoms with Crippen LogP contribution in [0.25, 0.3) is 22.6 Å². The summed E-state index contributed by atoms with van der Waals surface area (Å²) in [7, 11) is -0.459. The van der Waals surface area contributed by atoms with Crippen molar-refractivity contribution in [3.8, 4) is 11.5 Å². The molecule has 3 aromatic rings. The number of aromatic nitrogens is 1. The minimum atomic E-state index is -0.459. The predicted molar refractivity (Wildman–Crippen MR) is 111 cm³/mol. The Bertz CT molecular complexity index is 1040. The summed E-state index contributed by atoms with van der Waals surface area (Å²) in [5.74, 6) is 0.475. The van der Waals surface area contributed by atoms with E-state index in [1.165, 1.54) is 0 Å². The Hall–Kier alpha value is -1.86. The number of oxazole rings is 1. The third kappa shape index (κ3) is 3.05. The van der Waals surface area contributed by atoms with Crippen molar-refractivity contribution in [2.45, 2.75) is 52.4 Å². The highest BCUT2D eigenvalue weighted by molar-refractivity contribution is 6.62. The van der Waals surface area contributed by atoms with Crippen molar-refractivity contribution in [2.24, 2.45) is 0 Å². The van der Waals surface area contributed by atoms with Gasteiger partial charge in [0, 0.05) is 5.56 Å². The molecule has 2 aromatic carbocycles. The fourth-order valence-corrected chi connectivity index (χ4v) is 3.64. The van der Waals surface area contributed by atoms with E-state index in [-0.39, 0.29) is 6.61 Å². The molecule has 1 aromatic heterocycles. The SMILES string of the molecule is Cc1c(B2OC(C)(C)C(C)(C)O2)cccc1-c1nc2cc(CO)cc(Cl)c2o1. The molecule has 0 atom stereocenters. The summed E-state index contributed by atoms with van der Waals surface area (Å²) in [6.07, 6.45) is 0. The summed E-state index contributed by atoms with van der Waals surface area (Å²) in [5.41, 5.74) is 3.77. The molecule has 0 spiro atoms. The zero-order valence-electron chi connectivity index (χ0n) is 16.7. The number of halogens is 1. The van der Waals surface area contributed by atoms with Gasteiger partial charge in [0.1, 0.15) is 5.52 Å². The Morgan fingerprint density at radius 3 is 2.43 bits per heavy atom. The van der Waals surface area contributed by atoms with Crippen LogP contribution in [0, 0.1) is 6.92 Å². The van der Waals surface area contributed by atoms with E-state index in [9.17, 15) is 5.11 Å². The van der Waals surface area contributed by atoms with Crippen molar-refractivity contribution in [3.63, 3.8) is 0 Å². The average Bonchev–Trinajstić information content (AvgIpc) is 3.13. The van der Waals surface area contributed by atoms with Crippen LogP contribution < -0.4 is 5.46 Å². The molecule has 5 nitrogen and oxygen atoms in total. The van der Waals surface area contributed by atoms with Gasteiger partial charge in [-0.15, -0.1) is 0 Å². The third-order valence-corrected chi connectivity index (χ3v) is 6.08. The largest absolute Gasteiger partial charge is 0.495 e. The molecule has 0 radical (unpaired) electrons. The summed E-state index contributed by atoms with van der Waals surface area (Å²) >= 11 is 6.29. The third-order valence-electron chi connectivity index (χ3n) is 5.80. The maximum atomic E-state index is 9.39. The molecule has 0 bridgehead atoms. The van der Waals surface area contributed by atoms with Gasteiger partial charge in [0.05, 0.1) is 22.8 Å². The molecule has 1 N–H and O–H groups in total. The molecule has 0 unspecified atom stereocenters.